The summed E-state index contributed by atoms with van der Waals surface area (Å²) in [4.78, 5) is 18.7. The van der Waals surface area contributed by atoms with Crippen molar-refractivity contribution in [1.29, 1.82) is 0 Å². The largest absolute Gasteiger partial charge is 0.493 e. The van der Waals surface area contributed by atoms with Crippen LogP contribution >= 0.6 is 0 Å². The van der Waals surface area contributed by atoms with Crippen LogP contribution in [0.15, 0.2) is 54.7 Å². The summed E-state index contributed by atoms with van der Waals surface area (Å²) in [6, 6.07) is 14.3. The number of rotatable bonds is 10. The molecule has 0 aliphatic carbocycles. The number of benzene rings is 2. The van der Waals surface area contributed by atoms with Gasteiger partial charge in [0.05, 0.1) is 36.6 Å². The number of halogens is 1. The van der Waals surface area contributed by atoms with E-state index in [0.29, 0.717) is 25.2 Å². The SMILES string of the molecule is CC(C)(C)O.COCc1ncc(CC(=O)O)c(N2CCC(C)(C)CC2)c1-c1ccc(OCCc2ccc(F)cc2)cc1. The Morgan fingerprint density at radius 3 is 2.19 bits per heavy atom. The lowest BCUT2D eigenvalue weighted by Crippen LogP contribution is -2.38. The number of nitrogens with zero attached hydrogens (tertiary/aromatic N) is 2. The Kier molecular flexibility index (Phi) is 11.5. The minimum absolute atomic E-state index is 0.0902. The summed E-state index contributed by atoms with van der Waals surface area (Å²) in [6.45, 7) is 12.3. The lowest BCUT2D eigenvalue weighted by Gasteiger charge is -2.40. The lowest BCUT2D eigenvalue weighted by molar-refractivity contribution is -0.136. The van der Waals surface area contributed by atoms with Crippen molar-refractivity contribution < 1.29 is 28.9 Å². The lowest BCUT2D eigenvalue weighted by atomic mass is 9.82. The van der Waals surface area contributed by atoms with Crippen LogP contribution in [0.3, 0.4) is 0 Å². The fraction of sp³-hybridized carbons (Fsp3) is 0.471. The van der Waals surface area contributed by atoms with Crippen molar-refractivity contribution >= 4 is 11.7 Å². The predicted molar refractivity (Wildman–Crippen MR) is 165 cm³/mol. The molecule has 0 atom stereocenters. The first-order valence-electron chi connectivity index (χ1n) is 14.4. The van der Waals surface area contributed by atoms with E-state index in [0.717, 1.165) is 59.8 Å². The number of carbonyl (C=O) groups is 1. The standard InChI is InChI=1S/C30H35FN2O4.C4H10O/c1-30(2)13-15-33(16-14-30)29-23(18-27(34)35)19-32-26(20-36-3)28(29)22-6-10-25(11-7-22)37-17-12-21-4-8-24(31)9-5-21;1-4(2,3)5/h4-11,19H,12-18,20H2,1-3H3,(H,34,35);5H,1-3H3. The van der Waals surface area contributed by atoms with E-state index in [2.05, 4.69) is 23.7 Å². The normalized spacial score (nSPS) is 14.6. The molecule has 228 valence electrons. The first kappa shape index (κ1) is 33.0. The first-order chi connectivity index (χ1) is 19.8. The summed E-state index contributed by atoms with van der Waals surface area (Å²) >= 11 is 0. The van der Waals surface area contributed by atoms with Crippen molar-refractivity contribution in [3.8, 4) is 16.9 Å². The molecular formula is C34H45FN2O5. The van der Waals surface area contributed by atoms with Gasteiger partial charge in [-0.3, -0.25) is 9.78 Å². The molecule has 3 aromatic rings. The van der Waals surface area contributed by atoms with Gasteiger partial charge in [0.1, 0.15) is 11.6 Å². The van der Waals surface area contributed by atoms with E-state index in [9.17, 15) is 14.3 Å². The van der Waals surface area contributed by atoms with Crippen molar-refractivity contribution in [2.24, 2.45) is 5.41 Å². The number of aliphatic carboxylic acids is 1. The highest BCUT2D eigenvalue weighted by Gasteiger charge is 2.29. The number of piperidine rings is 1. The molecule has 1 aromatic heterocycles. The van der Waals surface area contributed by atoms with Gasteiger partial charge in [-0.1, -0.05) is 38.1 Å². The van der Waals surface area contributed by atoms with Crippen LogP contribution in [-0.4, -0.2) is 53.6 Å². The number of hydrogen-bond acceptors (Lipinski definition) is 6. The third-order valence-corrected chi connectivity index (χ3v) is 6.98. The smallest absolute Gasteiger partial charge is 0.307 e. The highest BCUT2D eigenvalue weighted by molar-refractivity contribution is 5.85. The van der Waals surface area contributed by atoms with E-state index < -0.39 is 11.6 Å². The molecule has 0 unspecified atom stereocenters. The molecule has 42 heavy (non-hydrogen) atoms. The molecule has 1 aliphatic rings. The van der Waals surface area contributed by atoms with Crippen LogP contribution in [-0.2, 0) is 29.0 Å². The number of ether oxygens (including phenoxy) is 2. The summed E-state index contributed by atoms with van der Waals surface area (Å²) in [5, 5.41) is 18.1. The van der Waals surface area contributed by atoms with Crippen LogP contribution in [0.1, 0.15) is 64.3 Å². The van der Waals surface area contributed by atoms with E-state index in [1.54, 1.807) is 46.2 Å². The van der Waals surface area contributed by atoms with Gasteiger partial charge in [-0.2, -0.15) is 0 Å². The number of methoxy groups -OCH3 is 1. The van der Waals surface area contributed by atoms with Gasteiger partial charge < -0.3 is 24.6 Å². The fourth-order valence-electron chi connectivity index (χ4n) is 4.77. The van der Waals surface area contributed by atoms with Crippen LogP contribution < -0.4 is 9.64 Å². The topological polar surface area (TPSA) is 92.1 Å². The van der Waals surface area contributed by atoms with Crippen LogP contribution in [0, 0.1) is 11.2 Å². The molecular weight excluding hydrogens is 535 g/mol. The maximum atomic E-state index is 13.1. The van der Waals surface area contributed by atoms with Crippen LogP contribution in [0.25, 0.3) is 11.1 Å². The molecule has 0 bridgehead atoms. The number of carboxylic acids is 1. The maximum absolute atomic E-state index is 13.1. The van der Waals surface area contributed by atoms with E-state index in [-0.39, 0.29) is 17.7 Å². The second-order valence-corrected chi connectivity index (χ2v) is 12.5. The summed E-state index contributed by atoms with van der Waals surface area (Å²) in [7, 11) is 1.64. The second kappa shape index (κ2) is 14.6. The van der Waals surface area contributed by atoms with E-state index in [1.165, 1.54) is 12.1 Å². The Balaban J connectivity index is 0.000000892. The Labute approximate surface area is 249 Å². The zero-order chi connectivity index (χ0) is 30.9. The molecule has 7 nitrogen and oxygen atoms in total. The molecule has 0 radical (unpaired) electrons. The summed E-state index contributed by atoms with van der Waals surface area (Å²) in [6.07, 6.45) is 4.33. The predicted octanol–water partition coefficient (Wildman–Crippen LogP) is 6.69. The highest BCUT2D eigenvalue weighted by Crippen LogP contribution is 2.41. The van der Waals surface area contributed by atoms with Crippen LogP contribution in [0.5, 0.6) is 5.75 Å². The Bertz CT molecular complexity index is 1290. The van der Waals surface area contributed by atoms with Crippen molar-refractivity contribution in [3.05, 3.63) is 77.4 Å². The van der Waals surface area contributed by atoms with Crippen molar-refractivity contribution in [1.82, 2.24) is 4.98 Å². The molecule has 2 aromatic carbocycles. The molecule has 2 N–H and O–H groups in total. The molecule has 1 aliphatic heterocycles. The quantitative estimate of drug-likeness (QED) is 0.276. The van der Waals surface area contributed by atoms with Crippen molar-refractivity contribution in [2.45, 2.75) is 72.5 Å². The number of carboxylic acid groups (broad SMARTS) is 1. The molecule has 1 fully saturated rings. The van der Waals surface area contributed by atoms with Crippen molar-refractivity contribution in [2.75, 3.05) is 31.7 Å². The van der Waals surface area contributed by atoms with E-state index in [4.69, 9.17) is 14.6 Å². The average Bonchev–Trinajstić information content (AvgIpc) is 2.90. The first-order valence-corrected chi connectivity index (χ1v) is 14.4. The maximum Gasteiger partial charge on any atom is 0.307 e. The monoisotopic (exact) mass is 580 g/mol. The number of hydrogen-bond donors (Lipinski definition) is 2. The van der Waals surface area contributed by atoms with Crippen LogP contribution in [0.4, 0.5) is 10.1 Å². The Morgan fingerprint density at radius 1 is 1.05 bits per heavy atom. The zero-order valence-electron chi connectivity index (χ0n) is 25.7. The Hall–Kier alpha value is -3.49. The minimum atomic E-state index is -0.879. The summed E-state index contributed by atoms with van der Waals surface area (Å²) < 4.78 is 24.5. The summed E-state index contributed by atoms with van der Waals surface area (Å²) in [5.41, 5.74) is 5.06. The third-order valence-electron chi connectivity index (χ3n) is 6.98. The van der Waals surface area contributed by atoms with Gasteiger partial charge in [0.25, 0.3) is 0 Å². The van der Waals surface area contributed by atoms with Crippen LogP contribution in [0.2, 0.25) is 0 Å². The number of pyridine rings is 1. The summed E-state index contributed by atoms with van der Waals surface area (Å²) in [5.74, 6) is -0.395. The zero-order valence-corrected chi connectivity index (χ0v) is 25.7. The molecule has 0 spiro atoms. The van der Waals surface area contributed by atoms with Crippen molar-refractivity contribution in [3.63, 3.8) is 0 Å². The fourth-order valence-corrected chi connectivity index (χ4v) is 4.77. The van der Waals surface area contributed by atoms with E-state index >= 15 is 0 Å². The van der Waals surface area contributed by atoms with E-state index in [1.807, 2.05) is 24.3 Å². The van der Waals surface area contributed by atoms with Gasteiger partial charge in [0.2, 0.25) is 0 Å². The molecule has 2 heterocycles. The van der Waals surface area contributed by atoms with Gasteiger partial charge in [-0.05, 0) is 74.4 Å². The molecule has 0 amide bonds. The van der Waals surface area contributed by atoms with Gasteiger partial charge in [0.15, 0.2) is 0 Å². The van der Waals surface area contributed by atoms with Gasteiger partial charge in [-0.15, -0.1) is 0 Å². The van der Waals surface area contributed by atoms with Gasteiger partial charge >= 0.3 is 5.97 Å². The molecule has 1 saturated heterocycles. The number of aliphatic hydroxyl groups is 1. The molecule has 4 rings (SSSR count). The molecule has 8 heteroatoms. The molecule has 0 saturated carbocycles. The van der Waals surface area contributed by atoms with Gasteiger partial charge in [0, 0.05) is 43.9 Å². The van der Waals surface area contributed by atoms with Gasteiger partial charge in [-0.25, -0.2) is 4.39 Å². The second-order valence-electron chi connectivity index (χ2n) is 12.5. The minimum Gasteiger partial charge on any atom is -0.493 e. The number of aromatic nitrogens is 1. The Morgan fingerprint density at radius 2 is 1.64 bits per heavy atom. The number of anilines is 1. The average molecular weight is 581 g/mol. The highest BCUT2D eigenvalue weighted by atomic mass is 19.1. The third kappa shape index (κ3) is 10.4.